The van der Waals surface area contributed by atoms with Gasteiger partial charge in [0.2, 0.25) is 5.69 Å². The molecule has 0 spiro atoms. The van der Waals surface area contributed by atoms with E-state index in [1.807, 2.05) is 0 Å². The van der Waals surface area contributed by atoms with Crippen LogP contribution in [0, 0.1) is 12.4 Å². The lowest BCUT2D eigenvalue weighted by Gasteiger charge is -2.36. The molecule has 3 rings (SSSR count). The van der Waals surface area contributed by atoms with Gasteiger partial charge in [-0.3, -0.25) is 9.78 Å². The molecule has 1 aliphatic rings. The van der Waals surface area contributed by atoms with Gasteiger partial charge in [0.25, 0.3) is 6.02 Å². The van der Waals surface area contributed by atoms with Gasteiger partial charge in [0.05, 0.1) is 17.1 Å². The van der Waals surface area contributed by atoms with Crippen molar-refractivity contribution in [3.05, 3.63) is 69.5 Å². The molecule has 0 fully saturated rings. The van der Waals surface area contributed by atoms with Crippen molar-refractivity contribution in [1.29, 1.82) is 0 Å². The summed E-state index contributed by atoms with van der Waals surface area (Å²) in [7, 11) is 0. The Bertz CT molecular complexity index is 1100. The molecule has 2 atom stereocenters. The fraction of sp³-hybridized carbons (Fsp3) is 0.300. The summed E-state index contributed by atoms with van der Waals surface area (Å²) in [6.07, 6.45) is -6.74. The predicted molar refractivity (Wildman–Crippen MR) is 104 cm³/mol. The summed E-state index contributed by atoms with van der Waals surface area (Å²) in [5, 5.41) is -0.373. The minimum atomic E-state index is -4.74. The Morgan fingerprint density at radius 1 is 1.42 bits per heavy atom. The van der Waals surface area contributed by atoms with Crippen molar-refractivity contribution in [3.8, 4) is 0 Å². The van der Waals surface area contributed by atoms with Gasteiger partial charge in [-0.2, -0.15) is 13.2 Å². The van der Waals surface area contributed by atoms with E-state index in [2.05, 4.69) is 19.6 Å². The van der Waals surface area contributed by atoms with Gasteiger partial charge in [-0.1, -0.05) is 17.7 Å². The Labute approximate surface area is 179 Å². The Hall–Kier alpha value is -3.19. The zero-order valence-electron chi connectivity index (χ0n) is 16.0. The number of pyridine rings is 1. The van der Waals surface area contributed by atoms with Gasteiger partial charge in [-0.05, 0) is 30.7 Å². The second-order valence-corrected chi connectivity index (χ2v) is 7.54. The molecule has 1 aromatic heterocycles. The van der Waals surface area contributed by atoms with Gasteiger partial charge in [0.1, 0.15) is 11.5 Å². The molecular formula is C20H15ClF4N4O2. The number of Topliss-reactive ketones (excluding diaryl/α,β-unsaturated/α-hetero) is 1. The van der Waals surface area contributed by atoms with Gasteiger partial charge in [-0.25, -0.2) is 14.2 Å². The fourth-order valence-corrected chi connectivity index (χ4v) is 3.49. The monoisotopic (exact) mass is 454 g/mol. The Balaban J connectivity index is 1.96. The molecule has 2 aromatic rings. The quantitative estimate of drug-likeness (QED) is 0.411. The summed E-state index contributed by atoms with van der Waals surface area (Å²) in [6.45, 7) is 8.19. The molecule has 0 saturated carbocycles. The largest absolute Gasteiger partial charge is 0.452 e. The Kier molecular flexibility index (Phi) is 5.91. The SMILES string of the molecule is [C-]#[N+]c1ccc(C(=O)Cc2cc(Cl)c(F)c([C@]3(C)C[C@@H](C(F)(F)F)OC(N)=N3)c2)nc1. The molecule has 0 saturated heterocycles. The number of amidine groups is 1. The van der Waals surface area contributed by atoms with E-state index in [0.29, 0.717) is 0 Å². The molecule has 2 N–H and O–H groups in total. The number of hydrogen-bond acceptors (Lipinski definition) is 5. The summed E-state index contributed by atoms with van der Waals surface area (Å²) in [5.74, 6) is -1.40. The molecule has 31 heavy (non-hydrogen) atoms. The molecule has 0 amide bonds. The summed E-state index contributed by atoms with van der Waals surface area (Å²) in [6, 6.07) is 4.52. The van der Waals surface area contributed by atoms with Crippen LogP contribution in [-0.4, -0.2) is 29.1 Å². The Morgan fingerprint density at radius 3 is 2.71 bits per heavy atom. The molecule has 0 aliphatic carbocycles. The van der Waals surface area contributed by atoms with Crippen LogP contribution in [0.2, 0.25) is 5.02 Å². The summed E-state index contributed by atoms with van der Waals surface area (Å²) < 4.78 is 59.1. The average molecular weight is 455 g/mol. The Morgan fingerprint density at radius 2 is 2.13 bits per heavy atom. The van der Waals surface area contributed by atoms with E-state index in [0.717, 1.165) is 0 Å². The van der Waals surface area contributed by atoms with Crippen molar-refractivity contribution in [3.63, 3.8) is 0 Å². The van der Waals surface area contributed by atoms with E-state index in [-0.39, 0.29) is 34.0 Å². The summed E-state index contributed by atoms with van der Waals surface area (Å²) in [5.41, 5.74) is 4.06. The van der Waals surface area contributed by atoms with E-state index in [1.54, 1.807) is 0 Å². The van der Waals surface area contributed by atoms with Crippen molar-refractivity contribution in [1.82, 2.24) is 4.98 Å². The number of benzene rings is 1. The molecule has 6 nitrogen and oxygen atoms in total. The summed E-state index contributed by atoms with van der Waals surface area (Å²) in [4.78, 5) is 23.5. The van der Waals surface area contributed by atoms with Crippen LogP contribution >= 0.6 is 11.6 Å². The molecule has 0 unspecified atom stereocenters. The maximum Gasteiger partial charge on any atom is 0.425 e. The third-order valence-electron chi connectivity index (χ3n) is 4.76. The second-order valence-electron chi connectivity index (χ2n) is 7.13. The zero-order chi connectivity index (χ0) is 23.0. The van der Waals surface area contributed by atoms with Crippen LogP contribution in [0.15, 0.2) is 35.5 Å². The van der Waals surface area contributed by atoms with E-state index in [1.165, 1.54) is 37.4 Å². The minimum Gasteiger partial charge on any atom is -0.452 e. The number of nitrogens with zero attached hydrogens (tertiary/aromatic N) is 3. The standard InChI is InChI=1S/C20H15ClF4N4O2/c1-19(8-16(20(23,24)25)31-18(26)29-19)12-5-10(6-13(21)17(12)22)7-15(30)14-4-3-11(27-2)9-28-14/h3-6,9,16H,7-8H2,1H3,(H2,26,29)/t16-,19-/m0/s1. The molecule has 1 aliphatic heterocycles. The van der Waals surface area contributed by atoms with Crippen LogP contribution in [0.4, 0.5) is 23.2 Å². The van der Waals surface area contributed by atoms with Gasteiger partial charge >= 0.3 is 6.18 Å². The predicted octanol–water partition coefficient (Wildman–Crippen LogP) is 4.73. The first-order chi connectivity index (χ1) is 14.4. The van der Waals surface area contributed by atoms with Crippen LogP contribution in [0.25, 0.3) is 4.85 Å². The number of hydrogen-bond donors (Lipinski definition) is 1. The van der Waals surface area contributed by atoms with E-state index in [4.69, 9.17) is 23.9 Å². The van der Waals surface area contributed by atoms with Crippen LogP contribution in [0.5, 0.6) is 0 Å². The van der Waals surface area contributed by atoms with Gasteiger partial charge in [-0.15, -0.1) is 0 Å². The van der Waals surface area contributed by atoms with E-state index < -0.39 is 41.9 Å². The third kappa shape index (κ3) is 4.77. The van der Waals surface area contributed by atoms with Gasteiger partial charge < -0.3 is 10.5 Å². The number of ether oxygens (including phenoxy) is 1. The summed E-state index contributed by atoms with van der Waals surface area (Å²) >= 11 is 5.96. The van der Waals surface area contributed by atoms with E-state index >= 15 is 0 Å². The van der Waals surface area contributed by atoms with Crippen molar-refractivity contribution in [2.24, 2.45) is 10.7 Å². The zero-order valence-corrected chi connectivity index (χ0v) is 16.8. The highest BCUT2D eigenvalue weighted by atomic mass is 35.5. The van der Waals surface area contributed by atoms with Crippen molar-refractivity contribution in [2.45, 2.75) is 37.6 Å². The number of halogens is 5. The smallest absolute Gasteiger partial charge is 0.425 e. The number of alkyl halides is 3. The third-order valence-corrected chi connectivity index (χ3v) is 5.04. The number of ketones is 1. The molecule has 11 heteroatoms. The van der Waals surface area contributed by atoms with Crippen LogP contribution in [-0.2, 0) is 16.7 Å². The maximum absolute atomic E-state index is 14.8. The highest BCUT2D eigenvalue weighted by Crippen LogP contribution is 2.42. The first kappa shape index (κ1) is 22.5. The lowest BCUT2D eigenvalue weighted by molar-refractivity contribution is -0.208. The molecule has 2 heterocycles. The lowest BCUT2D eigenvalue weighted by Crippen LogP contribution is -2.46. The number of carbonyl (C=O) groups is 1. The number of nitrogens with two attached hydrogens (primary N) is 1. The molecular weight excluding hydrogens is 440 g/mol. The van der Waals surface area contributed by atoms with Crippen LogP contribution in [0.3, 0.4) is 0 Å². The first-order valence-corrected chi connectivity index (χ1v) is 9.24. The molecule has 162 valence electrons. The first-order valence-electron chi connectivity index (χ1n) is 8.87. The van der Waals surface area contributed by atoms with Crippen molar-refractivity contribution < 1.29 is 27.1 Å². The van der Waals surface area contributed by atoms with E-state index in [9.17, 15) is 22.4 Å². The number of carbonyl (C=O) groups excluding carboxylic acids is 1. The van der Waals surface area contributed by atoms with Crippen LogP contribution in [0.1, 0.15) is 35.0 Å². The molecule has 0 radical (unpaired) electrons. The highest BCUT2D eigenvalue weighted by molar-refractivity contribution is 6.30. The normalized spacial score (nSPS) is 21.1. The number of aromatic nitrogens is 1. The van der Waals surface area contributed by atoms with Gasteiger partial charge in [0, 0.05) is 24.6 Å². The lowest BCUT2D eigenvalue weighted by atomic mass is 9.84. The fourth-order valence-electron chi connectivity index (χ4n) is 3.25. The van der Waals surface area contributed by atoms with Crippen molar-refractivity contribution in [2.75, 3.05) is 0 Å². The second kappa shape index (κ2) is 8.15. The van der Waals surface area contributed by atoms with Gasteiger partial charge in [0.15, 0.2) is 11.9 Å². The average Bonchev–Trinajstić information content (AvgIpc) is 2.69. The number of rotatable bonds is 4. The van der Waals surface area contributed by atoms with Crippen LogP contribution < -0.4 is 5.73 Å². The maximum atomic E-state index is 14.8. The topological polar surface area (TPSA) is 81.9 Å². The molecule has 1 aromatic carbocycles. The number of aliphatic imine (C=N–C) groups is 1. The van der Waals surface area contributed by atoms with Crippen molar-refractivity contribution >= 4 is 29.1 Å². The highest BCUT2D eigenvalue weighted by Gasteiger charge is 2.50. The minimum absolute atomic E-state index is 0.0751. The molecule has 0 bridgehead atoms.